The summed E-state index contributed by atoms with van der Waals surface area (Å²) in [6.07, 6.45) is 0.0447. The lowest BCUT2D eigenvalue weighted by molar-refractivity contribution is -0.113. The van der Waals surface area contributed by atoms with Gasteiger partial charge in [0, 0.05) is 17.1 Å². The number of para-hydroxylation sites is 1. The van der Waals surface area contributed by atoms with Crippen molar-refractivity contribution >= 4 is 29.3 Å². The van der Waals surface area contributed by atoms with Crippen LogP contribution in [0.25, 0.3) is 0 Å². The van der Waals surface area contributed by atoms with Crippen LogP contribution in [0.3, 0.4) is 0 Å². The lowest BCUT2D eigenvalue weighted by atomic mass is 9.95. The van der Waals surface area contributed by atoms with Crippen LogP contribution in [0.15, 0.2) is 89.2 Å². The molecule has 4 aromatic rings. The van der Waals surface area contributed by atoms with Crippen molar-refractivity contribution in [1.29, 1.82) is 0 Å². The van der Waals surface area contributed by atoms with Gasteiger partial charge >= 0.3 is 0 Å². The smallest absolute Gasteiger partial charge is 0.255 e. The molecule has 3 aromatic carbocycles. The molecule has 1 amide bonds. The van der Waals surface area contributed by atoms with E-state index in [9.17, 15) is 9.18 Å². The number of nitrogens with zero attached hydrogens (tertiary/aromatic N) is 3. The largest absolute Gasteiger partial charge is 0.491 e. The number of carbonyl (C=O) groups is 1. The standard InChI is InChI=1S/C30H30FN5O2S/c1-18(2)38-23-15-13-21(14-16-23)27-26(28(37)33-25-12-8-5-9-19(25)3)20(4)32-29-34-30(35-36(27)29)39-17-22-10-6-7-11-24(22)31/h5-16,18,27H,17H2,1-4H3,(H,33,37)(H,32,34,35). The Morgan fingerprint density at radius 1 is 1.08 bits per heavy atom. The van der Waals surface area contributed by atoms with Gasteiger partial charge in [0.05, 0.1) is 11.7 Å². The molecule has 5 rings (SSSR count). The number of nitrogens with one attached hydrogen (secondary N) is 2. The summed E-state index contributed by atoms with van der Waals surface area (Å²) >= 11 is 1.34. The molecule has 1 atom stereocenters. The number of hydrogen-bond acceptors (Lipinski definition) is 6. The van der Waals surface area contributed by atoms with E-state index in [1.165, 1.54) is 17.8 Å². The first kappa shape index (κ1) is 26.5. The highest BCUT2D eigenvalue weighted by molar-refractivity contribution is 7.98. The quantitative estimate of drug-likeness (QED) is 0.240. The molecule has 200 valence electrons. The zero-order valence-electron chi connectivity index (χ0n) is 22.2. The summed E-state index contributed by atoms with van der Waals surface area (Å²) in [5, 5.41) is 11.6. The summed E-state index contributed by atoms with van der Waals surface area (Å²) in [6, 6.07) is 21.5. The zero-order valence-corrected chi connectivity index (χ0v) is 23.1. The Hall–Kier alpha value is -4.11. The van der Waals surface area contributed by atoms with E-state index in [0.29, 0.717) is 33.7 Å². The number of thioether (sulfide) groups is 1. The number of rotatable bonds is 8. The number of ether oxygens (including phenoxy) is 1. The Labute approximate surface area is 231 Å². The molecule has 0 bridgehead atoms. The van der Waals surface area contributed by atoms with Crippen LogP contribution in [0.5, 0.6) is 5.75 Å². The highest BCUT2D eigenvalue weighted by atomic mass is 32.2. The van der Waals surface area contributed by atoms with Crippen LogP contribution in [0.4, 0.5) is 16.0 Å². The molecule has 1 aromatic heterocycles. The first-order chi connectivity index (χ1) is 18.8. The predicted molar refractivity (Wildman–Crippen MR) is 152 cm³/mol. The predicted octanol–water partition coefficient (Wildman–Crippen LogP) is 6.73. The second-order valence-corrected chi connectivity index (χ2v) is 10.6. The summed E-state index contributed by atoms with van der Waals surface area (Å²) in [5.41, 5.74) is 4.35. The van der Waals surface area contributed by atoms with E-state index in [2.05, 4.69) is 15.6 Å². The monoisotopic (exact) mass is 543 g/mol. The lowest BCUT2D eigenvalue weighted by Gasteiger charge is -2.29. The number of allylic oxidation sites excluding steroid dienone is 1. The third kappa shape index (κ3) is 5.83. The van der Waals surface area contributed by atoms with Gasteiger partial charge in [-0.25, -0.2) is 9.07 Å². The fourth-order valence-corrected chi connectivity index (χ4v) is 5.27. The normalized spacial score (nSPS) is 14.7. The summed E-state index contributed by atoms with van der Waals surface area (Å²) in [5.74, 6) is 1.15. The summed E-state index contributed by atoms with van der Waals surface area (Å²) in [4.78, 5) is 18.4. The molecule has 2 N–H and O–H groups in total. The number of halogens is 1. The van der Waals surface area contributed by atoms with Crippen LogP contribution in [0.2, 0.25) is 0 Å². The number of amides is 1. The number of benzene rings is 3. The number of fused-ring (bicyclic) bond motifs is 1. The van der Waals surface area contributed by atoms with Crippen molar-refractivity contribution in [3.8, 4) is 5.75 Å². The average molecular weight is 544 g/mol. The van der Waals surface area contributed by atoms with E-state index in [0.717, 1.165) is 22.6 Å². The number of hydrogen-bond donors (Lipinski definition) is 2. The fraction of sp³-hybridized carbons (Fsp3) is 0.233. The third-order valence-electron chi connectivity index (χ3n) is 6.35. The second kappa shape index (κ2) is 11.3. The van der Waals surface area contributed by atoms with Gasteiger partial charge in [0.1, 0.15) is 17.6 Å². The highest BCUT2D eigenvalue weighted by Crippen LogP contribution is 2.38. The molecule has 9 heteroatoms. The number of carbonyl (C=O) groups excluding carboxylic acids is 1. The van der Waals surface area contributed by atoms with Crippen molar-refractivity contribution in [2.75, 3.05) is 10.6 Å². The van der Waals surface area contributed by atoms with E-state index in [1.807, 2.05) is 82.3 Å². The average Bonchev–Trinajstić information content (AvgIpc) is 3.31. The Bertz CT molecular complexity index is 1530. The molecule has 1 aliphatic heterocycles. The molecule has 0 radical (unpaired) electrons. The summed E-state index contributed by atoms with van der Waals surface area (Å²) < 4.78 is 21.7. The Morgan fingerprint density at radius 2 is 1.79 bits per heavy atom. The van der Waals surface area contributed by atoms with Crippen LogP contribution < -0.4 is 15.4 Å². The van der Waals surface area contributed by atoms with Gasteiger partial charge < -0.3 is 15.4 Å². The molecular weight excluding hydrogens is 513 g/mol. The minimum atomic E-state index is -0.534. The number of aromatic nitrogens is 3. The molecular formula is C30H30FN5O2S. The summed E-state index contributed by atoms with van der Waals surface area (Å²) in [6.45, 7) is 7.77. The molecule has 7 nitrogen and oxygen atoms in total. The third-order valence-corrected chi connectivity index (χ3v) is 7.24. The number of aryl methyl sites for hydroxylation is 1. The topological polar surface area (TPSA) is 81.1 Å². The van der Waals surface area contributed by atoms with E-state index < -0.39 is 6.04 Å². The van der Waals surface area contributed by atoms with Gasteiger partial charge in [-0.2, -0.15) is 4.98 Å². The number of anilines is 2. The molecule has 0 saturated carbocycles. The van der Waals surface area contributed by atoms with Crippen LogP contribution in [0.1, 0.15) is 43.5 Å². The minimum absolute atomic E-state index is 0.0447. The lowest BCUT2D eigenvalue weighted by Crippen LogP contribution is -2.31. The maximum Gasteiger partial charge on any atom is 0.255 e. The fourth-order valence-electron chi connectivity index (χ4n) is 4.46. The molecule has 2 heterocycles. The van der Waals surface area contributed by atoms with Crippen LogP contribution in [-0.2, 0) is 10.5 Å². The van der Waals surface area contributed by atoms with Crippen LogP contribution >= 0.6 is 11.8 Å². The van der Waals surface area contributed by atoms with Gasteiger partial charge in [0.2, 0.25) is 11.1 Å². The minimum Gasteiger partial charge on any atom is -0.491 e. The summed E-state index contributed by atoms with van der Waals surface area (Å²) in [7, 11) is 0. The van der Waals surface area contributed by atoms with E-state index in [1.54, 1.807) is 16.8 Å². The van der Waals surface area contributed by atoms with Crippen molar-refractivity contribution in [3.63, 3.8) is 0 Å². The molecule has 1 unspecified atom stereocenters. The van der Waals surface area contributed by atoms with E-state index >= 15 is 0 Å². The molecule has 1 aliphatic rings. The van der Waals surface area contributed by atoms with E-state index in [4.69, 9.17) is 9.84 Å². The van der Waals surface area contributed by atoms with Crippen molar-refractivity contribution in [3.05, 3.63) is 107 Å². The second-order valence-electron chi connectivity index (χ2n) is 9.61. The molecule has 0 fully saturated rings. The van der Waals surface area contributed by atoms with Gasteiger partial charge in [-0.15, -0.1) is 5.10 Å². The first-order valence-electron chi connectivity index (χ1n) is 12.7. The SMILES string of the molecule is CC1=C(C(=O)Nc2ccccc2C)C(c2ccc(OC(C)C)cc2)n2nc(SCc3ccccc3F)nc2N1. The zero-order chi connectivity index (χ0) is 27.5. The Balaban J connectivity index is 1.50. The molecule has 0 saturated heterocycles. The van der Waals surface area contributed by atoms with Crippen LogP contribution in [-0.4, -0.2) is 26.8 Å². The van der Waals surface area contributed by atoms with E-state index in [-0.39, 0.29) is 17.8 Å². The van der Waals surface area contributed by atoms with Crippen molar-refractivity contribution in [2.24, 2.45) is 0 Å². The van der Waals surface area contributed by atoms with Gasteiger partial charge in [0.15, 0.2) is 0 Å². The van der Waals surface area contributed by atoms with Crippen molar-refractivity contribution in [2.45, 2.75) is 50.8 Å². The van der Waals surface area contributed by atoms with Crippen molar-refractivity contribution < 1.29 is 13.9 Å². The Morgan fingerprint density at radius 3 is 2.51 bits per heavy atom. The van der Waals surface area contributed by atoms with Gasteiger partial charge in [-0.1, -0.05) is 60.3 Å². The first-order valence-corrected chi connectivity index (χ1v) is 13.7. The maximum atomic E-state index is 14.2. The molecule has 0 aliphatic carbocycles. The van der Waals surface area contributed by atoms with Gasteiger partial charge in [0.25, 0.3) is 5.91 Å². The maximum absolute atomic E-state index is 14.2. The van der Waals surface area contributed by atoms with Gasteiger partial charge in [-0.3, -0.25) is 4.79 Å². The van der Waals surface area contributed by atoms with Crippen molar-refractivity contribution in [1.82, 2.24) is 14.8 Å². The molecule has 0 spiro atoms. The molecule has 39 heavy (non-hydrogen) atoms. The Kier molecular flexibility index (Phi) is 7.70. The highest BCUT2D eigenvalue weighted by Gasteiger charge is 2.34. The van der Waals surface area contributed by atoms with Gasteiger partial charge in [-0.05, 0) is 68.7 Å². The van der Waals surface area contributed by atoms with Crippen LogP contribution in [0, 0.1) is 12.7 Å².